The van der Waals surface area contributed by atoms with Crippen LogP contribution in [0.1, 0.15) is 48.4 Å². The SMILES string of the molecule is CCOC(=O)c1ccccc1NC(=O)c1ccc(N2C(=O)c3ccccc3C2=O)cc1. The number of hydrogen-bond acceptors (Lipinski definition) is 5. The monoisotopic (exact) mass is 414 g/mol. The topological polar surface area (TPSA) is 92.8 Å². The van der Waals surface area contributed by atoms with Crippen molar-refractivity contribution in [2.45, 2.75) is 6.92 Å². The molecule has 3 aromatic rings. The van der Waals surface area contributed by atoms with Gasteiger partial charge in [-0.1, -0.05) is 24.3 Å². The smallest absolute Gasteiger partial charge is 0.340 e. The maximum Gasteiger partial charge on any atom is 0.340 e. The summed E-state index contributed by atoms with van der Waals surface area (Å²) in [5.41, 5.74) is 1.96. The number of anilines is 2. The Labute approximate surface area is 178 Å². The van der Waals surface area contributed by atoms with Gasteiger partial charge in [-0.05, 0) is 55.5 Å². The number of para-hydroxylation sites is 1. The number of rotatable bonds is 5. The zero-order valence-electron chi connectivity index (χ0n) is 16.6. The second-order valence-corrected chi connectivity index (χ2v) is 6.76. The van der Waals surface area contributed by atoms with Crippen LogP contribution in [0.3, 0.4) is 0 Å². The van der Waals surface area contributed by atoms with Gasteiger partial charge in [0, 0.05) is 5.56 Å². The van der Waals surface area contributed by atoms with Crippen LogP contribution in [0.25, 0.3) is 0 Å². The van der Waals surface area contributed by atoms with Gasteiger partial charge in [-0.15, -0.1) is 0 Å². The van der Waals surface area contributed by atoms with E-state index in [4.69, 9.17) is 4.74 Å². The molecule has 0 bridgehead atoms. The number of imide groups is 1. The molecule has 0 unspecified atom stereocenters. The third-order valence-electron chi connectivity index (χ3n) is 4.85. The third-order valence-corrected chi connectivity index (χ3v) is 4.85. The third kappa shape index (κ3) is 3.69. The number of carbonyl (C=O) groups excluding carboxylic acids is 4. The zero-order chi connectivity index (χ0) is 22.0. The second-order valence-electron chi connectivity index (χ2n) is 6.76. The van der Waals surface area contributed by atoms with Crippen molar-refractivity contribution < 1.29 is 23.9 Å². The van der Waals surface area contributed by atoms with Crippen molar-refractivity contribution >= 4 is 35.1 Å². The Kier molecular flexibility index (Phi) is 5.32. The van der Waals surface area contributed by atoms with Crippen LogP contribution in [-0.2, 0) is 4.74 Å². The molecular formula is C24H18N2O5. The number of nitrogens with zero attached hydrogens (tertiary/aromatic N) is 1. The first-order valence-corrected chi connectivity index (χ1v) is 9.66. The molecule has 0 aliphatic carbocycles. The lowest BCUT2D eigenvalue weighted by atomic mass is 10.1. The van der Waals surface area contributed by atoms with Crippen LogP contribution in [0, 0.1) is 0 Å². The number of esters is 1. The van der Waals surface area contributed by atoms with Gasteiger partial charge in [0.2, 0.25) is 0 Å². The summed E-state index contributed by atoms with van der Waals surface area (Å²) in [5, 5.41) is 2.70. The molecule has 1 heterocycles. The van der Waals surface area contributed by atoms with E-state index in [1.54, 1.807) is 55.5 Å². The molecule has 31 heavy (non-hydrogen) atoms. The second kappa shape index (κ2) is 8.23. The molecule has 4 rings (SSSR count). The number of hydrogen-bond donors (Lipinski definition) is 1. The minimum atomic E-state index is -0.528. The number of carbonyl (C=O) groups is 4. The Morgan fingerprint density at radius 1 is 0.839 bits per heavy atom. The van der Waals surface area contributed by atoms with Crippen LogP contribution in [0.5, 0.6) is 0 Å². The van der Waals surface area contributed by atoms with Gasteiger partial charge >= 0.3 is 5.97 Å². The van der Waals surface area contributed by atoms with Crippen molar-refractivity contribution in [1.82, 2.24) is 0 Å². The first-order chi connectivity index (χ1) is 15.0. The summed E-state index contributed by atoms with van der Waals surface area (Å²) in [6.45, 7) is 1.93. The largest absolute Gasteiger partial charge is 0.462 e. The Morgan fingerprint density at radius 3 is 2.03 bits per heavy atom. The van der Waals surface area contributed by atoms with Crippen LogP contribution in [-0.4, -0.2) is 30.3 Å². The Morgan fingerprint density at radius 2 is 1.42 bits per heavy atom. The number of ether oxygens (including phenoxy) is 1. The molecule has 7 heteroatoms. The van der Waals surface area contributed by atoms with E-state index in [1.165, 1.54) is 24.3 Å². The first-order valence-electron chi connectivity index (χ1n) is 9.66. The molecule has 1 aliphatic heterocycles. The molecule has 0 saturated carbocycles. The van der Waals surface area contributed by atoms with E-state index in [2.05, 4.69) is 5.32 Å². The van der Waals surface area contributed by atoms with Gasteiger partial charge in [0.25, 0.3) is 17.7 Å². The van der Waals surface area contributed by atoms with E-state index in [9.17, 15) is 19.2 Å². The maximum absolute atomic E-state index is 12.7. The molecule has 0 aromatic heterocycles. The van der Waals surface area contributed by atoms with Gasteiger partial charge in [0.05, 0.1) is 34.7 Å². The molecule has 0 atom stereocenters. The lowest BCUT2D eigenvalue weighted by Gasteiger charge is -2.14. The van der Waals surface area contributed by atoms with E-state index in [-0.39, 0.29) is 12.2 Å². The summed E-state index contributed by atoms with van der Waals surface area (Å²) < 4.78 is 5.02. The quantitative estimate of drug-likeness (QED) is 0.505. The summed E-state index contributed by atoms with van der Waals surface area (Å²) in [7, 11) is 0. The van der Waals surface area contributed by atoms with E-state index >= 15 is 0 Å². The number of benzene rings is 3. The summed E-state index contributed by atoms with van der Waals surface area (Å²) >= 11 is 0. The minimum Gasteiger partial charge on any atom is -0.462 e. The van der Waals surface area contributed by atoms with Crippen molar-refractivity contribution in [3.8, 4) is 0 Å². The molecule has 0 spiro atoms. The fourth-order valence-corrected chi connectivity index (χ4v) is 3.36. The minimum absolute atomic E-state index is 0.223. The number of nitrogens with one attached hydrogen (secondary N) is 1. The molecule has 154 valence electrons. The van der Waals surface area contributed by atoms with Crippen molar-refractivity contribution in [3.63, 3.8) is 0 Å². The molecule has 0 saturated heterocycles. The van der Waals surface area contributed by atoms with Gasteiger partial charge in [0.15, 0.2) is 0 Å². The molecule has 0 radical (unpaired) electrons. The summed E-state index contributed by atoms with van der Waals surface area (Å²) in [4.78, 5) is 51.1. The molecule has 0 fully saturated rings. The summed E-state index contributed by atoms with van der Waals surface area (Å²) in [5.74, 6) is -1.77. The van der Waals surface area contributed by atoms with Crippen LogP contribution in [0.15, 0.2) is 72.8 Å². The molecule has 1 aliphatic rings. The average Bonchev–Trinajstić information content (AvgIpc) is 3.05. The van der Waals surface area contributed by atoms with Gasteiger partial charge in [-0.25, -0.2) is 9.69 Å². The predicted octanol–water partition coefficient (Wildman–Crippen LogP) is 3.92. The molecule has 7 nitrogen and oxygen atoms in total. The van der Waals surface area contributed by atoms with Crippen LogP contribution < -0.4 is 10.2 Å². The highest BCUT2D eigenvalue weighted by atomic mass is 16.5. The van der Waals surface area contributed by atoms with Crippen LogP contribution in [0.4, 0.5) is 11.4 Å². The fourth-order valence-electron chi connectivity index (χ4n) is 3.36. The van der Waals surface area contributed by atoms with Gasteiger partial charge in [0.1, 0.15) is 0 Å². The van der Waals surface area contributed by atoms with Crippen LogP contribution in [0.2, 0.25) is 0 Å². The van der Waals surface area contributed by atoms with Gasteiger partial charge in [-0.3, -0.25) is 14.4 Å². The van der Waals surface area contributed by atoms with E-state index in [0.717, 1.165) is 4.90 Å². The van der Waals surface area contributed by atoms with Gasteiger partial charge in [-0.2, -0.15) is 0 Å². The maximum atomic E-state index is 12.7. The summed E-state index contributed by atoms with van der Waals surface area (Å²) in [6.07, 6.45) is 0. The normalized spacial score (nSPS) is 12.5. The fraction of sp³-hybridized carbons (Fsp3) is 0.0833. The van der Waals surface area contributed by atoms with Gasteiger partial charge < -0.3 is 10.1 Å². The number of amides is 3. The van der Waals surface area contributed by atoms with E-state index < -0.39 is 23.7 Å². The van der Waals surface area contributed by atoms with Crippen molar-refractivity contribution in [2.75, 3.05) is 16.8 Å². The highest BCUT2D eigenvalue weighted by molar-refractivity contribution is 6.34. The standard InChI is InChI=1S/C24H18N2O5/c1-2-31-24(30)19-9-5-6-10-20(19)25-21(27)15-11-13-16(14-12-15)26-22(28)17-7-3-4-8-18(17)23(26)29/h3-14H,2H2,1H3,(H,25,27). The molecule has 3 amide bonds. The first kappa shape index (κ1) is 20.0. The van der Waals surface area contributed by atoms with Crippen molar-refractivity contribution in [1.29, 1.82) is 0 Å². The molecular weight excluding hydrogens is 396 g/mol. The lowest BCUT2D eigenvalue weighted by Crippen LogP contribution is -2.29. The Bertz CT molecular complexity index is 1170. The summed E-state index contributed by atoms with van der Waals surface area (Å²) in [6, 6.07) is 19.3. The Hall–Kier alpha value is -4.26. The lowest BCUT2D eigenvalue weighted by molar-refractivity contribution is 0.0527. The molecule has 3 aromatic carbocycles. The zero-order valence-corrected chi connectivity index (χ0v) is 16.6. The predicted molar refractivity (Wildman–Crippen MR) is 114 cm³/mol. The highest BCUT2D eigenvalue weighted by Crippen LogP contribution is 2.28. The highest BCUT2D eigenvalue weighted by Gasteiger charge is 2.36. The van der Waals surface area contributed by atoms with E-state index in [0.29, 0.717) is 28.1 Å². The van der Waals surface area contributed by atoms with Crippen molar-refractivity contribution in [2.24, 2.45) is 0 Å². The van der Waals surface area contributed by atoms with E-state index in [1.807, 2.05) is 0 Å². The average molecular weight is 414 g/mol. The van der Waals surface area contributed by atoms with Crippen molar-refractivity contribution in [3.05, 3.63) is 95.1 Å². The molecule has 1 N–H and O–H groups in total. The Balaban J connectivity index is 1.54. The number of fused-ring (bicyclic) bond motifs is 1. The van der Waals surface area contributed by atoms with Crippen LogP contribution >= 0.6 is 0 Å².